The summed E-state index contributed by atoms with van der Waals surface area (Å²) in [5.41, 5.74) is 15.1. The number of likely N-dealkylation sites (tertiary alicyclic amines) is 1. The minimum absolute atomic E-state index is 0.0591. The zero-order valence-corrected chi connectivity index (χ0v) is 19.5. The maximum Gasteiger partial charge on any atom is 0.573 e. The number of aryl methyl sites for hydroxylation is 1. The predicted octanol–water partition coefficient (Wildman–Crippen LogP) is 4.06. The van der Waals surface area contributed by atoms with Gasteiger partial charge in [-0.25, -0.2) is 4.98 Å². The van der Waals surface area contributed by atoms with Gasteiger partial charge in [-0.2, -0.15) is 0 Å². The average molecular weight is 494 g/mol. The number of benzene rings is 1. The average Bonchev–Trinajstić information content (AvgIpc) is 2.80. The molecule has 0 spiro atoms. The number of pyridine rings is 1. The van der Waals surface area contributed by atoms with Crippen molar-refractivity contribution >= 4 is 23.1 Å². The molecule has 0 unspecified atom stereocenters. The van der Waals surface area contributed by atoms with Crippen molar-refractivity contribution in [2.75, 3.05) is 43.1 Å². The van der Waals surface area contributed by atoms with E-state index in [1.165, 1.54) is 11.6 Å². The van der Waals surface area contributed by atoms with E-state index in [1.807, 2.05) is 6.92 Å². The number of rotatable bonds is 5. The summed E-state index contributed by atoms with van der Waals surface area (Å²) in [5, 5.41) is 3.49. The monoisotopic (exact) mass is 493 g/mol. The van der Waals surface area contributed by atoms with Gasteiger partial charge in [0.2, 0.25) is 0 Å². The highest BCUT2D eigenvalue weighted by Gasteiger charge is 2.32. The van der Waals surface area contributed by atoms with Gasteiger partial charge in [-0.1, -0.05) is 0 Å². The highest BCUT2D eigenvalue weighted by atomic mass is 19.4. The fraction of sp³-hybridized carbons (Fsp3) is 0.500. The van der Waals surface area contributed by atoms with Crippen LogP contribution in [0.15, 0.2) is 24.3 Å². The number of piperidine rings is 1. The van der Waals surface area contributed by atoms with Crippen LogP contribution in [0.5, 0.6) is 5.75 Å². The Hall–Kier alpha value is -3.21. The first-order valence-electron chi connectivity index (χ1n) is 11.7. The molecule has 0 atom stereocenters. The second-order valence-electron chi connectivity index (χ2n) is 8.99. The maximum atomic E-state index is 12.9. The summed E-state index contributed by atoms with van der Waals surface area (Å²) in [6.07, 6.45) is -1.55. The number of nitrogens with one attached hydrogen (secondary N) is 1. The lowest BCUT2D eigenvalue weighted by Gasteiger charge is -2.33. The van der Waals surface area contributed by atoms with Crippen molar-refractivity contribution in [1.82, 2.24) is 9.88 Å². The van der Waals surface area contributed by atoms with Crippen molar-refractivity contribution in [2.45, 2.75) is 50.9 Å². The van der Waals surface area contributed by atoms with Crippen LogP contribution in [0.4, 0.5) is 30.4 Å². The number of hydrogen-bond acceptors (Lipinski definition) is 7. The van der Waals surface area contributed by atoms with Crippen molar-refractivity contribution in [2.24, 2.45) is 0 Å². The number of carbonyl (C=O) groups is 1. The molecule has 8 nitrogen and oxygen atoms in total. The van der Waals surface area contributed by atoms with Crippen LogP contribution >= 0.6 is 0 Å². The van der Waals surface area contributed by atoms with Crippen LogP contribution < -0.4 is 21.5 Å². The minimum Gasteiger partial charge on any atom is -0.406 e. The van der Waals surface area contributed by atoms with E-state index >= 15 is 0 Å². The number of nitrogens with two attached hydrogens (primary N) is 2. The summed E-state index contributed by atoms with van der Waals surface area (Å²) in [6.45, 7) is 4.41. The summed E-state index contributed by atoms with van der Waals surface area (Å²) >= 11 is 0. The topological polar surface area (TPSA) is 116 Å². The SMILES string of the molecule is Cc1nc(N)c(NC2CCN(C(=O)c3ccc(OC(F)(F)F)cc3N)CC2)cc1C1CCOCC1. The lowest BCUT2D eigenvalue weighted by molar-refractivity contribution is -0.274. The number of amides is 1. The number of nitrogens with zero attached hydrogens (tertiary/aromatic N) is 2. The van der Waals surface area contributed by atoms with Crippen LogP contribution in [0.3, 0.4) is 0 Å². The zero-order valence-electron chi connectivity index (χ0n) is 19.5. The first kappa shape index (κ1) is 24.9. The molecule has 2 aromatic rings. The van der Waals surface area contributed by atoms with Crippen LogP contribution in [0.2, 0.25) is 0 Å². The summed E-state index contributed by atoms with van der Waals surface area (Å²) in [6, 6.07) is 5.57. The molecule has 2 aliphatic heterocycles. The molecule has 0 aliphatic carbocycles. The minimum atomic E-state index is -4.82. The Morgan fingerprint density at radius 2 is 1.83 bits per heavy atom. The van der Waals surface area contributed by atoms with Crippen molar-refractivity contribution < 1.29 is 27.4 Å². The van der Waals surface area contributed by atoms with Crippen molar-refractivity contribution in [1.29, 1.82) is 0 Å². The van der Waals surface area contributed by atoms with Gasteiger partial charge in [0, 0.05) is 49.8 Å². The van der Waals surface area contributed by atoms with Gasteiger partial charge in [-0.15, -0.1) is 13.2 Å². The standard InChI is InChI=1S/C24H30F3N5O3/c1-14-19(15-6-10-34-11-7-15)13-21(22(29)30-14)31-16-4-8-32(9-5-16)23(33)18-3-2-17(12-20(18)28)35-24(25,26)27/h2-3,12-13,15-16,31H,4-11,28H2,1H3,(H2,29,30). The molecule has 4 rings (SSSR count). The quantitative estimate of drug-likeness (QED) is 0.538. The van der Waals surface area contributed by atoms with Gasteiger partial charge in [0.15, 0.2) is 0 Å². The van der Waals surface area contributed by atoms with Gasteiger partial charge in [-0.3, -0.25) is 4.79 Å². The Bertz CT molecular complexity index is 1070. The van der Waals surface area contributed by atoms with Gasteiger partial charge in [0.25, 0.3) is 5.91 Å². The Morgan fingerprint density at radius 3 is 2.46 bits per heavy atom. The van der Waals surface area contributed by atoms with E-state index in [4.69, 9.17) is 16.2 Å². The second kappa shape index (κ2) is 10.2. The van der Waals surface area contributed by atoms with E-state index in [1.54, 1.807) is 4.90 Å². The van der Waals surface area contributed by atoms with Crippen molar-refractivity contribution in [3.05, 3.63) is 41.1 Å². The lowest BCUT2D eigenvalue weighted by Crippen LogP contribution is -2.42. The highest BCUT2D eigenvalue weighted by molar-refractivity contribution is 5.99. The van der Waals surface area contributed by atoms with Gasteiger partial charge < -0.3 is 31.2 Å². The first-order valence-corrected chi connectivity index (χ1v) is 11.7. The Labute approximate surface area is 201 Å². The molecular formula is C24H30F3N5O3. The number of hydrogen-bond donors (Lipinski definition) is 3. The van der Waals surface area contributed by atoms with Crippen LogP contribution in [0.1, 0.15) is 53.2 Å². The Morgan fingerprint density at radius 1 is 1.14 bits per heavy atom. The second-order valence-corrected chi connectivity index (χ2v) is 8.99. The van der Waals surface area contributed by atoms with Gasteiger partial charge in [0.1, 0.15) is 11.6 Å². The fourth-order valence-corrected chi connectivity index (χ4v) is 4.73. The molecular weight excluding hydrogens is 463 g/mol. The molecule has 2 fully saturated rings. The molecule has 1 amide bonds. The molecule has 0 bridgehead atoms. The molecule has 1 aromatic heterocycles. The predicted molar refractivity (Wildman–Crippen MR) is 126 cm³/mol. The maximum absolute atomic E-state index is 12.9. The molecule has 190 valence electrons. The molecule has 1 aromatic carbocycles. The largest absolute Gasteiger partial charge is 0.573 e. The number of halogens is 3. The number of ether oxygens (including phenoxy) is 2. The molecule has 0 saturated carbocycles. The van der Waals surface area contributed by atoms with E-state index in [2.05, 4.69) is 21.1 Å². The van der Waals surface area contributed by atoms with E-state index in [0.717, 1.165) is 49.6 Å². The molecule has 5 N–H and O–H groups in total. The van der Waals surface area contributed by atoms with E-state index in [9.17, 15) is 18.0 Å². The van der Waals surface area contributed by atoms with E-state index < -0.39 is 12.1 Å². The Kier molecular flexibility index (Phi) is 7.25. The smallest absolute Gasteiger partial charge is 0.406 e. The van der Waals surface area contributed by atoms with E-state index in [0.29, 0.717) is 37.7 Å². The zero-order chi connectivity index (χ0) is 25.2. The van der Waals surface area contributed by atoms with Crippen LogP contribution in [0.25, 0.3) is 0 Å². The van der Waals surface area contributed by atoms with Gasteiger partial charge >= 0.3 is 6.36 Å². The molecule has 2 saturated heterocycles. The van der Waals surface area contributed by atoms with Gasteiger partial charge in [0.05, 0.1) is 11.3 Å². The third-order valence-electron chi connectivity index (χ3n) is 6.57. The molecule has 2 aliphatic rings. The number of nitrogen functional groups attached to an aromatic ring is 2. The summed E-state index contributed by atoms with van der Waals surface area (Å²) < 4.78 is 46.6. The number of aromatic nitrogens is 1. The van der Waals surface area contributed by atoms with Crippen LogP contribution in [0, 0.1) is 6.92 Å². The number of carbonyl (C=O) groups excluding carboxylic acids is 1. The summed E-state index contributed by atoms with van der Waals surface area (Å²) in [7, 11) is 0. The summed E-state index contributed by atoms with van der Waals surface area (Å²) in [5.74, 6) is 0.0673. The van der Waals surface area contributed by atoms with Gasteiger partial charge in [-0.05, 0) is 62.3 Å². The Balaban J connectivity index is 1.37. The molecule has 3 heterocycles. The summed E-state index contributed by atoms with van der Waals surface area (Å²) in [4.78, 5) is 19.1. The number of alkyl halides is 3. The molecule has 0 radical (unpaired) electrons. The normalized spacial score (nSPS) is 17.9. The fourth-order valence-electron chi connectivity index (χ4n) is 4.73. The highest BCUT2D eigenvalue weighted by Crippen LogP contribution is 2.33. The van der Waals surface area contributed by atoms with E-state index in [-0.39, 0.29) is 23.2 Å². The lowest BCUT2D eigenvalue weighted by atomic mass is 9.90. The van der Waals surface area contributed by atoms with Crippen molar-refractivity contribution in [3.63, 3.8) is 0 Å². The third-order valence-corrected chi connectivity index (χ3v) is 6.57. The van der Waals surface area contributed by atoms with Crippen molar-refractivity contribution in [3.8, 4) is 5.75 Å². The third kappa shape index (κ3) is 6.08. The van der Waals surface area contributed by atoms with Crippen LogP contribution in [-0.2, 0) is 4.74 Å². The number of anilines is 3. The van der Waals surface area contributed by atoms with Crippen LogP contribution in [-0.4, -0.2) is 54.5 Å². The molecule has 11 heteroatoms. The molecule has 35 heavy (non-hydrogen) atoms. The first-order chi connectivity index (χ1) is 16.6.